The quantitative estimate of drug-likeness (QED) is 0.694. The number of hydrogen-bond donors (Lipinski definition) is 2. The molecular weight excluding hydrogens is 406 g/mol. The zero-order chi connectivity index (χ0) is 22.2. The van der Waals surface area contributed by atoms with Crippen LogP contribution in [0.1, 0.15) is 32.1 Å². The number of benzene rings is 1. The largest absolute Gasteiger partial charge is 0.490 e. The SMILES string of the molecule is O=C(NCCC(=O)N1CCN(c2ccccn2)CC1)Nc1ccc(OC2CCCC2)cc1. The van der Waals surface area contributed by atoms with Crippen LogP contribution in [0.5, 0.6) is 5.75 Å². The Morgan fingerprint density at radius 2 is 1.75 bits per heavy atom. The summed E-state index contributed by atoms with van der Waals surface area (Å²) in [4.78, 5) is 33.0. The van der Waals surface area contributed by atoms with Gasteiger partial charge in [0.15, 0.2) is 0 Å². The first-order valence-corrected chi connectivity index (χ1v) is 11.4. The van der Waals surface area contributed by atoms with Crippen molar-refractivity contribution >= 4 is 23.4 Å². The minimum absolute atomic E-state index is 0.0550. The third-order valence-electron chi connectivity index (χ3n) is 5.95. The Balaban J connectivity index is 1.13. The van der Waals surface area contributed by atoms with Crippen LogP contribution in [0.25, 0.3) is 0 Å². The molecule has 8 nitrogen and oxygen atoms in total. The van der Waals surface area contributed by atoms with Crippen LogP contribution in [-0.4, -0.2) is 60.6 Å². The van der Waals surface area contributed by atoms with Crippen LogP contribution in [0, 0.1) is 0 Å². The van der Waals surface area contributed by atoms with Gasteiger partial charge < -0.3 is 25.2 Å². The molecule has 0 bridgehead atoms. The van der Waals surface area contributed by atoms with Gasteiger partial charge in [-0.3, -0.25) is 4.79 Å². The Labute approximate surface area is 188 Å². The summed E-state index contributed by atoms with van der Waals surface area (Å²) < 4.78 is 5.94. The third kappa shape index (κ3) is 6.12. The number of nitrogens with one attached hydrogen (secondary N) is 2. The summed E-state index contributed by atoms with van der Waals surface area (Å²) in [5.41, 5.74) is 0.693. The highest BCUT2D eigenvalue weighted by Gasteiger charge is 2.21. The Morgan fingerprint density at radius 3 is 2.44 bits per heavy atom. The second-order valence-electron chi connectivity index (χ2n) is 8.24. The maximum absolute atomic E-state index is 12.5. The lowest BCUT2D eigenvalue weighted by atomic mass is 10.2. The molecule has 1 aromatic carbocycles. The molecule has 2 N–H and O–H groups in total. The number of amides is 3. The predicted octanol–water partition coefficient (Wildman–Crippen LogP) is 3.26. The van der Waals surface area contributed by atoms with Gasteiger partial charge in [-0.2, -0.15) is 0 Å². The second-order valence-corrected chi connectivity index (χ2v) is 8.24. The van der Waals surface area contributed by atoms with E-state index < -0.39 is 0 Å². The summed E-state index contributed by atoms with van der Waals surface area (Å²) >= 11 is 0. The van der Waals surface area contributed by atoms with Gasteiger partial charge in [0.05, 0.1) is 6.10 Å². The molecule has 4 rings (SSSR count). The molecule has 1 saturated heterocycles. The summed E-state index contributed by atoms with van der Waals surface area (Å²) in [7, 11) is 0. The molecule has 1 aliphatic carbocycles. The maximum atomic E-state index is 12.5. The van der Waals surface area contributed by atoms with Crippen molar-refractivity contribution in [1.82, 2.24) is 15.2 Å². The first-order valence-electron chi connectivity index (χ1n) is 11.4. The molecule has 1 saturated carbocycles. The monoisotopic (exact) mass is 437 g/mol. The molecule has 8 heteroatoms. The molecular formula is C24H31N5O3. The van der Waals surface area contributed by atoms with Crippen molar-refractivity contribution in [2.45, 2.75) is 38.2 Å². The molecule has 2 aromatic rings. The molecule has 2 heterocycles. The molecule has 0 spiro atoms. The number of pyridine rings is 1. The standard InChI is InChI=1S/C24H31N5O3/c30-23(29-17-15-28(16-18-29)22-7-3-4-13-25-22)12-14-26-24(31)27-19-8-10-21(11-9-19)32-20-5-1-2-6-20/h3-4,7-11,13,20H,1-2,5-6,12,14-18H2,(H2,26,27,31). The molecule has 0 atom stereocenters. The van der Waals surface area contributed by atoms with Crippen molar-refractivity contribution in [3.63, 3.8) is 0 Å². The summed E-state index contributed by atoms with van der Waals surface area (Å²) in [6.07, 6.45) is 7.06. The normalized spacial score (nSPS) is 16.6. The third-order valence-corrected chi connectivity index (χ3v) is 5.95. The Kier molecular flexibility index (Phi) is 7.42. The first-order chi connectivity index (χ1) is 15.7. The number of ether oxygens (including phenoxy) is 1. The molecule has 1 aromatic heterocycles. The fraction of sp³-hybridized carbons (Fsp3) is 0.458. The number of rotatable bonds is 7. The van der Waals surface area contributed by atoms with Crippen LogP contribution in [0.4, 0.5) is 16.3 Å². The Morgan fingerprint density at radius 1 is 1.00 bits per heavy atom. The maximum Gasteiger partial charge on any atom is 0.319 e. The van der Waals surface area contributed by atoms with Gasteiger partial charge in [0.25, 0.3) is 0 Å². The van der Waals surface area contributed by atoms with Crippen LogP contribution in [0.2, 0.25) is 0 Å². The van der Waals surface area contributed by atoms with Crippen molar-refractivity contribution in [3.05, 3.63) is 48.7 Å². The zero-order valence-electron chi connectivity index (χ0n) is 18.3. The lowest BCUT2D eigenvalue weighted by Crippen LogP contribution is -2.49. The van der Waals surface area contributed by atoms with E-state index in [1.165, 1.54) is 12.8 Å². The van der Waals surface area contributed by atoms with Crippen molar-refractivity contribution in [2.75, 3.05) is 42.9 Å². The highest BCUT2D eigenvalue weighted by atomic mass is 16.5. The van der Waals surface area contributed by atoms with E-state index >= 15 is 0 Å². The molecule has 0 radical (unpaired) electrons. The van der Waals surface area contributed by atoms with E-state index in [0.717, 1.165) is 37.5 Å². The minimum Gasteiger partial charge on any atom is -0.490 e. The molecule has 170 valence electrons. The highest BCUT2D eigenvalue weighted by molar-refractivity contribution is 5.89. The predicted molar refractivity (Wildman–Crippen MR) is 124 cm³/mol. The van der Waals surface area contributed by atoms with E-state index in [1.54, 1.807) is 6.20 Å². The van der Waals surface area contributed by atoms with Crippen molar-refractivity contribution in [1.29, 1.82) is 0 Å². The van der Waals surface area contributed by atoms with Crippen LogP contribution in [0.15, 0.2) is 48.7 Å². The second kappa shape index (κ2) is 10.8. The van der Waals surface area contributed by atoms with Crippen LogP contribution >= 0.6 is 0 Å². The van der Waals surface area contributed by atoms with Crippen molar-refractivity contribution in [2.24, 2.45) is 0 Å². The van der Waals surface area contributed by atoms with E-state index in [1.807, 2.05) is 47.4 Å². The number of aromatic nitrogens is 1. The molecule has 0 unspecified atom stereocenters. The minimum atomic E-state index is -0.317. The van der Waals surface area contributed by atoms with E-state index in [0.29, 0.717) is 31.4 Å². The van der Waals surface area contributed by atoms with Gasteiger partial charge in [0.1, 0.15) is 11.6 Å². The average Bonchev–Trinajstić information content (AvgIpc) is 3.34. The first kappa shape index (κ1) is 21.9. The lowest BCUT2D eigenvalue weighted by Gasteiger charge is -2.35. The number of anilines is 2. The van der Waals surface area contributed by atoms with Gasteiger partial charge in [-0.15, -0.1) is 0 Å². The number of piperazine rings is 1. The fourth-order valence-corrected chi connectivity index (χ4v) is 4.16. The summed E-state index contributed by atoms with van der Waals surface area (Å²) in [5, 5.41) is 5.56. The van der Waals surface area contributed by atoms with Crippen molar-refractivity contribution < 1.29 is 14.3 Å². The Hall–Kier alpha value is -3.29. The molecule has 2 fully saturated rings. The van der Waals surface area contributed by atoms with Crippen LogP contribution in [-0.2, 0) is 4.79 Å². The Bertz CT molecular complexity index is 876. The topological polar surface area (TPSA) is 86.8 Å². The van der Waals surface area contributed by atoms with Gasteiger partial charge in [-0.25, -0.2) is 9.78 Å². The average molecular weight is 438 g/mol. The van der Waals surface area contributed by atoms with Gasteiger partial charge in [0, 0.05) is 51.0 Å². The fourth-order valence-electron chi connectivity index (χ4n) is 4.16. The van der Waals surface area contributed by atoms with Gasteiger partial charge >= 0.3 is 6.03 Å². The molecule has 3 amide bonds. The van der Waals surface area contributed by atoms with Crippen molar-refractivity contribution in [3.8, 4) is 5.75 Å². The number of carbonyl (C=O) groups is 2. The number of nitrogens with zero attached hydrogens (tertiary/aromatic N) is 3. The smallest absolute Gasteiger partial charge is 0.319 e. The molecule has 1 aliphatic heterocycles. The number of urea groups is 1. The highest BCUT2D eigenvalue weighted by Crippen LogP contribution is 2.25. The van der Waals surface area contributed by atoms with E-state index in [9.17, 15) is 9.59 Å². The number of carbonyl (C=O) groups excluding carboxylic acids is 2. The zero-order valence-corrected chi connectivity index (χ0v) is 18.3. The molecule has 2 aliphatic rings. The summed E-state index contributed by atoms with van der Waals surface area (Å²) in [5.74, 6) is 1.83. The van der Waals surface area contributed by atoms with E-state index in [4.69, 9.17) is 4.74 Å². The van der Waals surface area contributed by atoms with Gasteiger partial charge in [-0.1, -0.05) is 6.07 Å². The molecule has 32 heavy (non-hydrogen) atoms. The van der Waals surface area contributed by atoms with E-state index in [-0.39, 0.29) is 18.4 Å². The summed E-state index contributed by atoms with van der Waals surface area (Å²) in [6.45, 7) is 3.15. The number of hydrogen-bond acceptors (Lipinski definition) is 5. The van der Waals surface area contributed by atoms with Crippen LogP contribution < -0.4 is 20.3 Å². The van der Waals surface area contributed by atoms with Crippen LogP contribution in [0.3, 0.4) is 0 Å². The summed E-state index contributed by atoms with van der Waals surface area (Å²) in [6, 6.07) is 12.9. The lowest BCUT2D eigenvalue weighted by molar-refractivity contribution is -0.131. The van der Waals surface area contributed by atoms with E-state index in [2.05, 4.69) is 20.5 Å². The van der Waals surface area contributed by atoms with Gasteiger partial charge in [0.2, 0.25) is 5.91 Å². The van der Waals surface area contributed by atoms with Gasteiger partial charge in [-0.05, 0) is 62.1 Å².